The molecular formula is C16H16N4. The van der Waals surface area contributed by atoms with E-state index in [0.717, 1.165) is 24.3 Å². The number of aromatic nitrogens is 3. The predicted molar refractivity (Wildman–Crippen MR) is 78.8 cm³/mol. The molecule has 0 unspecified atom stereocenters. The van der Waals surface area contributed by atoms with E-state index < -0.39 is 0 Å². The van der Waals surface area contributed by atoms with Gasteiger partial charge in [-0.2, -0.15) is 5.10 Å². The second kappa shape index (κ2) is 6.12. The van der Waals surface area contributed by atoms with Gasteiger partial charge >= 0.3 is 0 Å². The molecule has 0 fully saturated rings. The van der Waals surface area contributed by atoms with Gasteiger partial charge in [-0.1, -0.05) is 24.3 Å². The molecule has 0 radical (unpaired) electrons. The molecule has 0 bridgehead atoms. The quantitative estimate of drug-likeness (QED) is 0.745. The van der Waals surface area contributed by atoms with Crippen molar-refractivity contribution in [3.63, 3.8) is 0 Å². The van der Waals surface area contributed by atoms with Crippen LogP contribution < -0.4 is 5.32 Å². The zero-order valence-electron chi connectivity index (χ0n) is 11.1. The van der Waals surface area contributed by atoms with Gasteiger partial charge in [0, 0.05) is 31.7 Å². The molecule has 2 aromatic heterocycles. The summed E-state index contributed by atoms with van der Waals surface area (Å²) >= 11 is 0. The van der Waals surface area contributed by atoms with Gasteiger partial charge in [-0.3, -0.25) is 10.1 Å². The van der Waals surface area contributed by atoms with Crippen molar-refractivity contribution < 1.29 is 0 Å². The maximum Gasteiger partial charge on any atom is 0.0650 e. The van der Waals surface area contributed by atoms with E-state index in [1.54, 1.807) is 6.20 Å². The first kappa shape index (κ1) is 12.6. The summed E-state index contributed by atoms with van der Waals surface area (Å²) in [5.41, 5.74) is 4.71. The molecule has 0 amide bonds. The van der Waals surface area contributed by atoms with E-state index in [0.29, 0.717) is 0 Å². The van der Waals surface area contributed by atoms with Gasteiger partial charge in [-0.25, -0.2) is 0 Å². The van der Waals surface area contributed by atoms with E-state index in [2.05, 4.69) is 44.8 Å². The molecule has 0 saturated carbocycles. The summed E-state index contributed by atoms with van der Waals surface area (Å²) in [6.07, 6.45) is 5.39. The molecule has 4 nitrogen and oxygen atoms in total. The molecule has 0 saturated heterocycles. The Labute approximate surface area is 117 Å². The van der Waals surface area contributed by atoms with Crippen LogP contribution in [0.15, 0.2) is 61.1 Å². The van der Waals surface area contributed by atoms with Gasteiger partial charge in [-0.15, -0.1) is 0 Å². The van der Waals surface area contributed by atoms with Gasteiger partial charge in [0.25, 0.3) is 0 Å². The van der Waals surface area contributed by atoms with Crippen LogP contribution in [-0.2, 0) is 13.1 Å². The Balaban J connectivity index is 1.56. The molecule has 4 heteroatoms. The summed E-state index contributed by atoms with van der Waals surface area (Å²) in [5.74, 6) is 0. The third-order valence-electron chi connectivity index (χ3n) is 3.17. The van der Waals surface area contributed by atoms with Crippen LogP contribution >= 0.6 is 0 Å². The summed E-state index contributed by atoms with van der Waals surface area (Å²) in [4.78, 5) is 4.01. The second-order valence-electron chi connectivity index (χ2n) is 4.63. The van der Waals surface area contributed by atoms with Crippen LogP contribution in [0, 0.1) is 0 Å². The van der Waals surface area contributed by atoms with Crippen LogP contribution in [0.25, 0.3) is 11.3 Å². The largest absolute Gasteiger partial charge is 0.309 e. The van der Waals surface area contributed by atoms with Crippen LogP contribution in [0.4, 0.5) is 0 Å². The van der Waals surface area contributed by atoms with Crippen LogP contribution in [0.5, 0.6) is 0 Å². The van der Waals surface area contributed by atoms with E-state index in [-0.39, 0.29) is 0 Å². The number of rotatable bonds is 5. The summed E-state index contributed by atoms with van der Waals surface area (Å²) in [6.45, 7) is 1.70. The molecule has 100 valence electrons. The molecule has 0 aliphatic heterocycles. The van der Waals surface area contributed by atoms with Crippen molar-refractivity contribution >= 4 is 0 Å². The smallest absolute Gasteiger partial charge is 0.0650 e. The van der Waals surface area contributed by atoms with Crippen molar-refractivity contribution in [3.8, 4) is 11.3 Å². The number of hydrogen-bond acceptors (Lipinski definition) is 3. The number of H-pyrrole nitrogens is 1. The van der Waals surface area contributed by atoms with Crippen LogP contribution in [-0.4, -0.2) is 15.2 Å². The van der Waals surface area contributed by atoms with Crippen molar-refractivity contribution in [2.75, 3.05) is 0 Å². The van der Waals surface area contributed by atoms with E-state index in [1.807, 2.05) is 30.6 Å². The minimum absolute atomic E-state index is 0.852. The molecule has 0 spiro atoms. The molecule has 3 rings (SSSR count). The highest BCUT2D eigenvalue weighted by atomic mass is 15.1. The molecule has 0 aliphatic carbocycles. The highest BCUT2D eigenvalue weighted by Crippen LogP contribution is 2.16. The third kappa shape index (κ3) is 3.10. The Morgan fingerprint density at radius 1 is 0.800 bits per heavy atom. The Morgan fingerprint density at radius 2 is 1.50 bits per heavy atom. The minimum atomic E-state index is 0.852. The fraction of sp³-hybridized carbons (Fsp3) is 0.125. The summed E-state index contributed by atoms with van der Waals surface area (Å²) in [5, 5.41) is 10.4. The highest BCUT2D eigenvalue weighted by molar-refractivity contribution is 5.58. The van der Waals surface area contributed by atoms with Gasteiger partial charge in [0.1, 0.15) is 0 Å². The van der Waals surface area contributed by atoms with Crippen molar-refractivity contribution in [2.24, 2.45) is 0 Å². The van der Waals surface area contributed by atoms with Crippen molar-refractivity contribution in [1.82, 2.24) is 20.5 Å². The maximum atomic E-state index is 4.01. The van der Waals surface area contributed by atoms with Crippen LogP contribution in [0.3, 0.4) is 0 Å². The summed E-state index contributed by atoms with van der Waals surface area (Å²) in [6, 6.07) is 14.5. The average molecular weight is 264 g/mol. The van der Waals surface area contributed by atoms with Gasteiger partial charge < -0.3 is 5.32 Å². The number of nitrogens with zero attached hydrogens (tertiary/aromatic N) is 2. The Bertz CT molecular complexity index is 630. The zero-order valence-corrected chi connectivity index (χ0v) is 11.1. The van der Waals surface area contributed by atoms with Crippen molar-refractivity contribution in [2.45, 2.75) is 13.1 Å². The van der Waals surface area contributed by atoms with E-state index in [1.165, 1.54) is 11.1 Å². The third-order valence-corrected chi connectivity index (χ3v) is 3.17. The van der Waals surface area contributed by atoms with Gasteiger partial charge in [0.2, 0.25) is 0 Å². The Morgan fingerprint density at radius 3 is 2.15 bits per heavy atom. The molecule has 1 aromatic carbocycles. The summed E-state index contributed by atoms with van der Waals surface area (Å²) < 4.78 is 0. The van der Waals surface area contributed by atoms with Crippen LogP contribution in [0.1, 0.15) is 11.1 Å². The van der Waals surface area contributed by atoms with E-state index >= 15 is 0 Å². The minimum Gasteiger partial charge on any atom is -0.309 e. The van der Waals surface area contributed by atoms with Crippen molar-refractivity contribution in [3.05, 3.63) is 72.2 Å². The fourth-order valence-electron chi connectivity index (χ4n) is 2.07. The van der Waals surface area contributed by atoms with Crippen molar-refractivity contribution in [1.29, 1.82) is 0 Å². The molecule has 2 N–H and O–H groups in total. The molecule has 20 heavy (non-hydrogen) atoms. The lowest BCUT2D eigenvalue weighted by Crippen LogP contribution is -2.12. The van der Waals surface area contributed by atoms with E-state index in [9.17, 15) is 0 Å². The highest BCUT2D eigenvalue weighted by Gasteiger charge is 1.99. The lowest BCUT2D eigenvalue weighted by atomic mass is 10.1. The Hall–Kier alpha value is -2.46. The standard InChI is InChI=1S/C16H16N4/c1-3-15(16-7-10-19-20-16)4-2-13(1)11-18-12-14-5-8-17-9-6-14/h1-10,18H,11-12H2,(H,19,20). The van der Waals surface area contributed by atoms with Gasteiger partial charge in [-0.05, 0) is 34.9 Å². The molecule has 0 atom stereocenters. The number of pyridine rings is 1. The van der Waals surface area contributed by atoms with Crippen LogP contribution in [0.2, 0.25) is 0 Å². The normalized spacial score (nSPS) is 10.6. The number of benzene rings is 1. The predicted octanol–water partition coefficient (Wildman–Crippen LogP) is 2.76. The molecular weight excluding hydrogens is 248 g/mol. The monoisotopic (exact) mass is 264 g/mol. The topological polar surface area (TPSA) is 53.6 Å². The maximum absolute atomic E-state index is 4.01. The van der Waals surface area contributed by atoms with E-state index in [4.69, 9.17) is 0 Å². The van der Waals surface area contributed by atoms with Gasteiger partial charge in [0.15, 0.2) is 0 Å². The lowest BCUT2D eigenvalue weighted by molar-refractivity contribution is 0.693. The number of aromatic amines is 1. The first-order valence-corrected chi connectivity index (χ1v) is 6.60. The molecule has 2 heterocycles. The molecule has 0 aliphatic rings. The Kier molecular flexibility index (Phi) is 3.85. The number of hydrogen-bond donors (Lipinski definition) is 2. The first-order valence-electron chi connectivity index (χ1n) is 6.60. The lowest BCUT2D eigenvalue weighted by Gasteiger charge is -2.06. The summed E-state index contributed by atoms with van der Waals surface area (Å²) in [7, 11) is 0. The second-order valence-corrected chi connectivity index (χ2v) is 4.63. The molecule has 3 aromatic rings. The first-order chi connectivity index (χ1) is 9.92. The van der Waals surface area contributed by atoms with Gasteiger partial charge in [0.05, 0.1) is 5.69 Å². The fourth-order valence-corrected chi connectivity index (χ4v) is 2.07. The SMILES string of the molecule is c1cc(CNCc2ccc(-c3ccn[nH]3)cc2)ccn1. The average Bonchev–Trinajstić information content (AvgIpc) is 3.03. The zero-order chi connectivity index (χ0) is 13.6. The number of nitrogens with one attached hydrogen (secondary N) is 2.